The van der Waals surface area contributed by atoms with Crippen molar-refractivity contribution in [3.8, 4) is 0 Å². The molecule has 166 valence electrons. The third kappa shape index (κ3) is 7.24. The quantitative estimate of drug-likeness (QED) is 0.556. The largest absolute Gasteiger partial charge is 0.346 e. The summed E-state index contributed by atoms with van der Waals surface area (Å²) < 4.78 is 0. The molecule has 9 heteroatoms. The van der Waals surface area contributed by atoms with Gasteiger partial charge in [0, 0.05) is 11.4 Å². The first kappa shape index (κ1) is 24.7. The molecule has 7 nitrogen and oxygen atoms in total. The fourth-order valence-corrected chi connectivity index (χ4v) is 3.15. The van der Waals surface area contributed by atoms with Gasteiger partial charge in [0.1, 0.15) is 0 Å². The van der Waals surface area contributed by atoms with E-state index < -0.39 is 6.04 Å². The van der Waals surface area contributed by atoms with E-state index in [0.717, 1.165) is 16.8 Å². The summed E-state index contributed by atoms with van der Waals surface area (Å²) in [5.74, 6) is -0.993. The minimum atomic E-state index is -0.618. The van der Waals surface area contributed by atoms with Crippen LogP contribution in [0.5, 0.6) is 0 Å². The number of likely N-dealkylation sites (N-methyl/N-ethyl adjacent to an activating group) is 1. The number of carbonyl (C=O) groups is 3. The number of carbonyl (C=O) groups excluding carboxylic acids is 3. The lowest BCUT2D eigenvalue weighted by Crippen LogP contribution is -2.47. The van der Waals surface area contributed by atoms with E-state index in [-0.39, 0.29) is 30.8 Å². The Morgan fingerprint density at radius 1 is 0.968 bits per heavy atom. The molecule has 0 aliphatic carbocycles. The number of benzene rings is 2. The topological polar surface area (TPSA) is 90.5 Å². The molecule has 1 atom stereocenters. The zero-order valence-corrected chi connectivity index (χ0v) is 19.4. The van der Waals surface area contributed by atoms with Crippen molar-refractivity contribution in [3.63, 3.8) is 0 Å². The van der Waals surface area contributed by atoms with E-state index in [4.69, 9.17) is 23.2 Å². The Balaban J connectivity index is 1.82. The number of hydrogen-bond acceptors (Lipinski definition) is 4. The van der Waals surface area contributed by atoms with Gasteiger partial charge in [0.2, 0.25) is 17.7 Å². The van der Waals surface area contributed by atoms with Crippen molar-refractivity contribution in [1.29, 1.82) is 0 Å². The number of aryl methyl sites for hydroxylation is 2. The van der Waals surface area contributed by atoms with Gasteiger partial charge in [0.15, 0.2) is 0 Å². The molecule has 31 heavy (non-hydrogen) atoms. The van der Waals surface area contributed by atoms with Crippen LogP contribution in [0.1, 0.15) is 18.1 Å². The van der Waals surface area contributed by atoms with Gasteiger partial charge in [-0.25, -0.2) is 0 Å². The predicted molar refractivity (Wildman–Crippen MR) is 125 cm³/mol. The molecule has 0 bridgehead atoms. The fourth-order valence-electron chi connectivity index (χ4n) is 2.85. The van der Waals surface area contributed by atoms with E-state index in [1.54, 1.807) is 37.1 Å². The third-order valence-corrected chi connectivity index (χ3v) is 5.54. The van der Waals surface area contributed by atoms with E-state index >= 15 is 0 Å². The number of nitrogens with one attached hydrogen (secondary N) is 3. The van der Waals surface area contributed by atoms with Crippen molar-refractivity contribution in [2.24, 2.45) is 0 Å². The third-order valence-electron chi connectivity index (χ3n) is 4.81. The Labute approximate surface area is 192 Å². The highest BCUT2D eigenvalue weighted by atomic mass is 35.5. The van der Waals surface area contributed by atoms with Crippen LogP contribution in [0.3, 0.4) is 0 Å². The van der Waals surface area contributed by atoms with Crippen LogP contribution in [0.2, 0.25) is 10.0 Å². The first-order chi connectivity index (χ1) is 14.6. The summed E-state index contributed by atoms with van der Waals surface area (Å²) in [6, 6.07) is 9.87. The molecular weight excluding hydrogens is 439 g/mol. The first-order valence-electron chi connectivity index (χ1n) is 9.67. The molecule has 1 unspecified atom stereocenters. The summed E-state index contributed by atoms with van der Waals surface area (Å²) in [6.07, 6.45) is 0. The van der Waals surface area contributed by atoms with Crippen LogP contribution in [0, 0.1) is 13.8 Å². The van der Waals surface area contributed by atoms with Crippen molar-refractivity contribution >= 4 is 52.3 Å². The molecule has 0 aliphatic heterocycles. The Hall–Kier alpha value is -2.61. The van der Waals surface area contributed by atoms with Gasteiger partial charge < -0.3 is 16.0 Å². The molecule has 3 amide bonds. The van der Waals surface area contributed by atoms with Crippen molar-refractivity contribution in [3.05, 3.63) is 57.6 Å². The summed E-state index contributed by atoms with van der Waals surface area (Å²) in [5.41, 5.74) is 3.14. The maximum atomic E-state index is 12.4. The highest BCUT2D eigenvalue weighted by molar-refractivity contribution is 6.42. The summed E-state index contributed by atoms with van der Waals surface area (Å²) in [7, 11) is 1.65. The molecule has 2 aromatic carbocycles. The molecule has 0 heterocycles. The summed E-state index contributed by atoms with van der Waals surface area (Å²) >= 11 is 11.8. The van der Waals surface area contributed by atoms with Crippen molar-refractivity contribution in [2.75, 3.05) is 30.8 Å². The zero-order chi connectivity index (χ0) is 23.1. The molecule has 0 spiro atoms. The molecular formula is C22H26Cl2N4O3. The Morgan fingerprint density at radius 3 is 2.23 bits per heavy atom. The standard InChI is InChI=1S/C22H26Cl2N4O3/c1-13-6-5-7-14(2)21(13)27-19(29)11-25-22(31)15(3)28(4)12-20(30)26-16-8-9-17(23)18(24)10-16/h5-10,15H,11-12H2,1-4H3,(H,25,31)(H,26,30)(H,27,29). The number of rotatable bonds is 8. The number of nitrogens with zero attached hydrogens (tertiary/aromatic N) is 1. The lowest BCUT2D eigenvalue weighted by molar-refractivity contribution is -0.128. The summed E-state index contributed by atoms with van der Waals surface area (Å²) in [4.78, 5) is 38.5. The number of para-hydroxylation sites is 1. The maximum Gasteiger partial charge on any atom is 0.243 e. The molecule has 2 rings (SSSR count). The smallest absolute Gasteiger partial charge is 0.243 e. The minimum Gasteiger partial charge on any atom is -0.346 e. The Kier molecular flexibility index (Phi) is 8.86. The van der Waals surface area contributed by atoms with Crippen LogP contribution < -0.4 is 16.0 Å². The van der Waals surface area contributed by atoms with E-state index in [9.17, 15) is 14.4 Å². The molecule has 2 aromatic rings. The number of anilines is 2. The second kappa shape index (κ2) is 11.1. The van der Waals surface area contributed by atoms with Crippen LogP contribution in [0.15, 0.2) is 36.4 Å². The van der Waals surface area contributed by atoms with Gasteiger partial charge in [-0.05, 0) is 57.1 Å². The highest BCUT2D eigenvalue weighted by Crippen LogP contribution is 2.25. The molecule has 0 saturated heterocycles. The van der Waals surface area contributed by atoms with Gasteiger partial charge in [0.05, 0.1) is 29.2 Å². The summed E-state index contributed by atoms with van der Waals surface area (Å²) in [5, 5.41) is 8.85. The number of amides is 3. The molecule has 0 radical (unpaired) electrons. The molecule has 3 N–H and O–H groups in total. The normalized spacial score (nSPS) is 11.7. The number of hydrogen-bond donors (Lipinski definition) is 3. The van der Waals surface area contributed by atoms with Gasteiger partial charge in [-0.15, -0.1) is 0 Å². The van der Waals surface area contributed by atoms with Crippen LogP contribution in [-0.2, 0) is 14.4 Å². The SMILES string of the molecule is Cc1cccc(C)c1NC(=O)CNC(=O)C(C)N(C)CC(=O)Nc1ccc(Cl)c(Cl)c1. The lowest BCUT2D eigenvalue weighted by atomic mass is 10.1. The second-order valence-corrected chi connectivity index (χ2v) is 8.12. The molecule has 0 aliphatic rings. The number of halogens is 2. The van der Waals surface area contributed by atoms with Gasteiger partial charge in [0.25, 0.3) is 0 Å². The monoisotopic (exact) mass is 464 g/mol. The minimum absolute atomic E-state index is 0.0244. The van der Waals surface area contributed by atoms with Crippen LogP contribution >= 0.6 is 23.2 Å². The predicted octanol–water partition coefficient (Wildman–Crippen LogP) is 3.62. The van der Waals surface area contributed by atoms with Crippen LogP contribution in [0.4, 0.5) is 11.4 Å². The second-order valence-electron chi connectivity index (χ2n) is 7.30. The van der Waals surface area contributed by atoms with E-state index in [1.165, 1.54) is 0 Å². The van der Waals surface area contributed by atoms with E-state index in [1.807, 2.05) is 32.0 Å². The van der Waals surface area contributed by atoms with E-state index in [2.05, 4.69) is 16.0 Å². The van der Waals surface area contributed by atoms with Gasteiger partial charge in [-0.2, -0.15) is 0 Å². The van der Waals surface area contributed by atoms with E-state index in [0.29, 0.717) is 15.7 Å². The molecule has 0 aromatic heterocycles. The maximum absolute atomic E-state index is 12.4. The Morgan fingerprint density at radius 2 is 1.61 bits per heavy atom. The van der Waals surface area contributed by atoms with Crippen molar-refractivity contribution in [2.45, 2.75) is 26.8 Å². The average Bonchev–Trinajstić information content (AvgIpc) is 2.71. The average molecular weight is 465 g/mol. The highest BCUT2D eigenvalue weighted by Gasteiger charge is 2.21. The van der Waals surface area contributed by atoms with Crippen molar-refractivity contribution < 1.29 is 14.4 Å². The first-order valence-corrected chi connectivity index (χ1v) is 10.4. The van der Waals surface area contributed by atoms with Gasteiger partial charge in [-0.1, -0.05) is 41.4 Å². The molecule has 0 fully saturated rings. The fraction of sp³-hybridized carbons (Fsp3) is 0.318. The van der Waals surface area contributed by atoms with Crippen molar-refractivity contribution in [1.82, 2.24) is 10.2 Å². The van der Waals surface area contributed by atoms with Crippen LogP contribution in [0.25, 0.3) is 0 Å². The zero-order valence-electron chi connectivity index (χ0n) is 17.9. The van der Waals surface area contributed by atoms with Gasteiger partial charge in [-0.3, -0.25) is 19.3 Å². The lowest BCUT2D eigenvalue weighted by Gasteiger charge is -2.23. The molecule has 0 saturated carbocycles. The van der Waals surface area contributed by atoms with Gasteiger partial charge >= 0.3 is 0 Å². The Bertz CT molecular complexity index is 961. The van der Waals surface area contributed by atoms with Crippen LogP contribution in [-0.4, -0.2) is 48.8 Å². The summed E-state index contributed by atoms with van der Waals surface area (Å²) in [6.45, 7) is 5.28.